The second-order valence-electron chi connectivity index (χ2n) is 4.99. The van der Waals surface area contributed by atoms with Gasteiger partial charge in [0.15, 0.2) is 0 Å². The van der Waals surface area contributed by atoms with E-state index in [1.807, 2.05) is 19.1 Å². The molecule has 0 bridgehead atoms. The summed E-state index contributed by atoms with van der Waals surface area (Å²) < 4.78 is 11.8. The lowest BCUT2D eigenvalue weighted by molar-refractivity contribution is 0.299. The molecule has 100 valence electrons. The minimum atomic E-state index is 0.306. The molecule has 4 nitrogen and oxygen atoms in total. The molecule has 2 N–H and O–H groups in total. The summed E-state index contributed by atoms with van der Waals surface area (Å²) in [6.07, 6.45) is 2.52. The maximum absolute atomic E-state index is 5.94. The average molecular weight is 323 g/mol. The number of ether oxygens (including phenoxy) is 1. The molecule has 1 aromatic carbocycles. The molecule has 1 aliphatic carbocycles. The van der Waals surface area contributed by atoms with Gasteiger partial charge in [-0.3, -0.25) is 0 Å². The van der Waals surface area contributed by atoms with Crippen LogP contribution in [-0.4, -0.2) is 11.8 Å². The molecule has 0 aliphatic heterocycles. The van der Waals surface area contributed by atoms with Gasteiger partial charge < -0.3 is 15.0 Å². The monoisotopic (exact) mass is 322 g/mol. The predicted octanol–water partition coefficient (Wildman–Crippen LogP) is 3.78. The topological polar surface area (TPSA) is 61.3 Å². The molecular formula is C14H15BrN2O2. The number of aryl methyl sites for hydroxylation is 1. The Balaban J connectivity index is 1.99. The highest BCUT2D eigenvalue weighted by Gasteiger charge is 2.23. The fourth-order valence-corrected chi connectivity index (χ4v) is 2.66. The van der Waals surface area contributed by atoms with E-state index in [4.69, 9.17) is 15.0 Å². The van der Waals surface area contributed by atoms with Crippen molar-refractivity contribution >= 4 is 21.8 Å². The number of nitrogens with zero attached hydrogens (tertiary/aromatic N) is 1. The Bertz CT molecular complexity index is 605. The van der Waals surface area contributed by atoms with Crippen molar-refractivity contribution < 1.29 is 9.26 Å². The Labute approximate surface area is 120 Å². The van der Waals surface area contributed by atoms with Crippen LogP contribution in [-0.2, 0) is 0 Å². The average Bonchev–Trinajstić information content (AvgIpc) is 3.08. The van der Waals surface area contributed by atoms with E-state index in [-0.39, 0.29) is 0 Å². The lowest BCUT2D eigenvalue weighted by Gasteiger charge is -2.12. The van der Waals surface area contributed by atoms with Crippen molar-refractivity contribution in [3.05, 3.63) is 28.2 Å². The van der Waals surface area contributed by atoms with Gasteiger partial charge in [0.1, 0.15) is 11.4 Å². The molecule has 0 atom stereocenters. The Morgan fingerprint density at radius 2 is 2.21 bits per heavy atom. The summed E-state index contributed by atoms with van der Waals surface area (Å²) in [5, 5.41) is 3.97. The maximum atomic E-state index is 5.94. The van der Waals surface area contributed by atoms with E-state index in [0.29, 0.717) is 17.5 Å². The molecule has 3 rings (SSSR count). The van der Waals surface area contributed by atoms with E-state index in [1.165, 1.54) is 12.8 Å². The van der Waals surface area contributed by atoms with Gasteiger partial charge in [-0.15, -0.1) is 0 Å². The molecule has 1 aliphatic rings. The molecule has 19 heavy (non-hydrogen) atoms. The quantitative estimate of drug-likeness (QED) is 0.930. The third-order valence-corrected chi connectivity index (χ3v) is 3.74. The second-order valence-corrected chi connectivity index (χ2v) is 5.85. The smallest absolute Gasteiger partial charge is 0.222 e. The zero-order chi connectivity index (χ0) is 13.4. The van der Waals surface area contributed by atoms with Crippen LogP contribution >= 0.6 is 15.9 Å². The van der Waals surface area contributed by atoms with Gasteiger partial charge in [0.25, 0.3) is 0 Å². The normalized spacial score (nSPS) is 14.6. The number of aromatic nitrogens is 1. The first kappa shape index (κ1) is 12.5. The van der Waals surface area contributed by atoms with Gasteiger partial charge in [-0.2, -0.15) is 0 Å². The molecule has 0 radical (unpaired) electrons. The first-order valence-electron chi connectivity index (χ1n) is 6.29. The molecule has 0 saturated heterocycles. The summed E-state index contributed by atoms with van der Waals surface area (Å²) in [5.74, 6) is 1.81. The van der Waals surface area contributed by atoms with Crippen molar-refractivity contribution in [3.8, 4) is 17.0 Å². The maximum Gasteiger partial charge on any atom is 0.222 e. The van der Waals surface area contributed by atoms with E-state index >= 15 is 0 Å². The van der Waals surface area contributed by atoms with Gasteiger partial charge in [0.05, 0.1) is 11.1 Å². The molecule has 0 spiro atoms. The lowest BCUT2D eigenvalue weighted by Crippen LogP contribution is -2.01. The van der Waals surface area contributed by atoms with Crippen LogP contribution in [0.25, 0.3) is 11.3 Å². The number of hydrogen-bond donors (Lipinski definition) is 1. The molecule has 1 aromatic heterocycles. The summed E-state index contributed by atoms with van der Waals surface area (Å²) in [5.41, 5.74) is 8.33. The van der Waals surface area contributed by atoms with Crippen molar-refractivity contribution in [1.29, 1.82) is 0 Å². The van der Waals surface area contributed by atoms with E-state index in [9.17, 15) is 0 Å². The molecular weight excluding hydrogens is 308 g/mol. The van der Waals surface area contributed by atoms with Crippen LogP contribution < -0.4 is 10.5 Å². The van der Waals surface area contributed by atoms with Crippen LogP contribution in [0, 0.1) is 12.8 Å². The van der Waals surface area contributed by atoms with Crippen LogP contribution in [0.4, 0.5) is 5.88 Å². The predicted molar refractivity (Wildman–Crippen MR) is 77.0 cm³/mol. The highest BCUT2D eigenvalue weighted by atomic mass is 79.9. The summed E-state index contributed by atoms with van der Waals surface area (Å²) in [6, 6.07) is 5.78. The zero-order valence-electron chi connectivity index (χ0n) is 10.6. The Hall–Kier alpha value is -1.49. The molecule has 0 amide bonds. The van der Waals surface area contributed by atoms with Crippen molar-refractivity contribution in [1.82, 2.24) is 5.16 Å². The van der Waals surface area contributed by atoms with Crippen LogP contribution in [0.5, 0.6) is 5.75 Å². The lowest BCUT2D eigenvalue weighted by atomic mass is 10.1. The number of rotatable bonds is 4. The van der Waals surface area contributed by atoms with Gasteiger partial charge >= 0.3 is 0 Å². The van der Waals surface area contributed by atoms with Crippen molar-refractivity contribution in [2.45, 2.75) is 19.8 Å². The largest absolute Gasteiger partial charge is 0.491 e. The Kier molecular flexibility index (Phi) is 3.22. The van der Waals surface area contributed by atoms with Crippen molar-refractivity contribution in [2.75, 3.05) is 12.3 Å². The van der Waals surface area contributed by atoms with Gasteiger partial charge in [-0.25, -0.2) is 0 Å². The number of halogens is 1. The summed E-state index contributed by atoms with van der Waals surface area (Å²) in [7, 11) is 0. The number of nitrogens with two attached hydrogens (primary N) is 1. The minimum absolute atomic E-state index is 0.306. The molecule has 1 saturated carbocycles. The second kappa shape index (κ2) is 4.89. The fourth-order valence-electron chi connectivity index (χ4n) is 1.97. The molecule has 1 heterocycles. The zero-order valence-corrected chi connectivity index (χ0v) is 12.2. The van der Waals surface area contributed by atoms with E-state index in [1.54, 1.807) is 6.07 Å². The highest BCUT2D eigenvalue weighted by molar-refractivity contribution is 9.10. The van der Waals surface area contributed by atoms with Gasteiger partial charge in [-0.1, -0.05) is 5.16 Å². The number of anilines is 1. The van der Waals surface area contributed by atoms with E-state index < -0.39 is 0 Å². The first-order chi connectivity index (χ1) is 9.13. The van der Waals surface area contributed by atoms with Gasteiger partial charge in [0, 0.05) is 11.6 Å². The third kappa shape index (κ3) is 2.76. The Morgan fingerprint density at radius 3 is 2.84 bits per heavy atom. The number of hydrogen-bond acceptors (Lipinski definition) is 4. The first-order valence-corrected chi connectivity index (χ1v) is 7.08. The minimum Gasteiger partial charge on any atom is -0.491 e. The number of benzene rings is 1. The van der Waals surface area contributed by atoms with E-state index in [2.05, 4.69) is 21.1 Å². The fraction of sp³-hybridized carbons (Fsp3) is 0.357. The van der Waals surface area contributed by atoms with Gasteiger partial charge in [0.2, 0.25) is 5.88 Å². The van der Waals surface area contributed by atoms with Crippen LogP contribution in [0.15, 0.2) is 27.2 Å². The Morgan fingerprint density at radius 1 is 1.42 bits per heavy atom. The van der Waals surface area contributed by atoms with Crippen LogP contribution in [0.1, 0.15) is 18.4 Å². The van der Waals surface area contributed by atoms with Crippen molar-refractivity contribution in [2.24, 2.45) is 5.92 Å². The van der Waals surface area contributed by atoms with Crippen molar-refractivity contribution in [3.63, 3.8) is 0 Å². The standard InChI is InChI=1S/C14H15BrN2O2/c1-8-4-10(12-6-13(16)19-17-12)14(11(15)5-8)18-7-9-2-3-9/h4-6,9H,2-3,7,16H2,1H3. The molecule has 5 heteroatoms. The SMILES string of the molecule is Cc1cc(Br)c(OCC2CC2)c(-c2cc(N)on2)c1. The highest BCUT2D eigenvalue weighted by Crippen LogP contribution is 2.39. The number of nitrogen functional groups attached to an aromatic ring is 1. The van der Waals surface area contributed by atoms with Crippen LogP contribution in [0.3, 0.4) is 0 Å². The van der Waals surface area contributed by atoms with Gasteiger partial charge in [-0.05, 0) is 59.3 Å². The summed E-state index contributed by atoms with van der Waals surface area (Å²) in [4.78, 5) is 0. The molecule has 2 aromatic rings. The van der Waals surface area contributed by atoms with E-state index in [0.717, 1.165) is 28.0 Å². The summed E-state index contributed by atoms with van der Waals surface area (Å²) >= 11 is 3.56. The molecule has 0 unspecified atom stereocenters. The molecule has 1 fully saturated rings. The third-order valence-electron chi connectivity index (χ3n) is 3.15. The van der Waals surface area contributed by atoms with Crippen LogP contribution in [0.2, 0.25) is 0 Å². The summed E-state index contributed by atoms with van der Waals surface area (Å²) in [6.45, 7) is 2.78.